The second-order valence-electron chi connectivity index (χ2n) is 11.8. The molecule has 0 aromatic heterocycles. The Morgan fingerprint density at radius 1 is 0.974 bits per heavy atom. The lowest BCUT2D eigenvalue weighted by atomic mass is 9.75. The van der Waals surface area contributed by atoms with Gasteiger partial charge >= 0.3 is 5.97 Å². The number of hydrogen-bond donors (Lipinski definition) is 0. The van der Waals surface area contributed by atoms with E-state index in [1.165, 1.54) is 36.3 Å². The molecule has 5 rings (SSSR count). The zero-order chi connectivity index (χ0) is 27.7. The van der Waals surface area contributed by atoms with Gasteiger partial charge in [-0.05, 0) is 101 Å². The van der Waals surface area contributed by atoms with Gasteiger partial charge in [0.05, 0.1) is 20.1 Å². The molecule has 3 aromatic carbocycles. The third-order valence-corrected chi connectivity index (χ3v) is 9.04. The molecule has 1 fully saturated rings. The van der Waals surface area contributed by atoms with E-state index in [0.717, 1.165) is 42.6 Å². The zero-order valence-corrected chi connectivity index (χ0v) is 23.7. The van der Waals surface area contributed by atoms with E-state index in [4.69, 9.17) is 14.2 Å². The largest absolute Gasteiger partial charge is 0.497 e. The lowest BCUT2D eigenvalue weighted by molar-refractivity contribution is -0.145. The van der Waals surface area contributed by atoms with Gasteiger partial charge in [0.15, 0.2) is 0 Å². The quantitative estimate of drug-likeness (QED) is 0.275. The SMILES string of the molecule is COC(=O)C(C)C1CCc2ccc(OCc3ccc(-c4cc(OC)ccc4F)c(C4CCCC4(C)C)c3)cc21. The second kappa shape index (κ2) is 11.0. The number of methoxy groups -OCH3 is 2. The Kier molecular flexibility index (Phi) is 7.70. The van der Waals surface area contributed by atoms with Crippen molar-refractivity contribution in [1.29, 1.82) is 0 Å². The van der Waals surface area contributed by atoms with Crippen molar-refractivity contribution in [3.8, 4) is 22.6 Å². The highest BCUT2D eigenvalue weighted by Crippen LogP contribution is 2.51. The van der Waals surface area contributed by atoms with Gasteiger partial charge in [0, 0.05) is 5.56 Å². The van der Waals surface area contributed by atoms with E-state index in [9.17, 15) is 4.79 Å². The number of fused-ring (bicyclic) bond motifs is 1. The Labute approximate surface area is 231 Å². The monoisotopic (exact) mass is 530 g/mol. The molecule has 2 aliphatic rings. The number of esters is 1. The molecule has 0 radical (unpaired) electrons. The second-order valence-corrected chi connectivity index (χ2v) is 11.8. The van der Waals surface area contributed by atoms with E-state index in [0.29, 0.717) is 23.8 Å². The minimum atomic E-state index is -0.245. The summed E-state index contributed by atoms with van der Waals surface area (Å²) in [6.45, 7) is 6.99. The van der Waals surface area contributed by atoms with Crippen LogP contribution in [0.25, 0.3) is 11.1 Å². The summed E-state index contributed by atoms with van der Waals surface area (Å²) in [6.07, 6.45) is 5.31. The van der Waals surface area contributed by atoms with Crippen LogP contribution in [0.1, 0.15) is 80.5 Å². The number of ether oxygens (including phenoxy) is 3. The van der Waals surface area contributed by atoms with Gasteiger partial charge in [-0.15, -0.1) is 0 Å². The molecule has 1 saturated carbocycles. The van der Waals surface area contributed by atoms with Gasteiger partial charge in [0.25, 0.3) is 0 Å². The van der Waals surface area contributed by atoms with Crippen LogP contribution in [0.4, 0.5) is 4.39 Å². The summed E-state index contributed by atoms with van der Waals surface area (Å²) in [4.78, 5) is 12.2. The number of rotatable bonds is 8. The Hall–Kier alpha value is -3.34. The average Bonchev–Trinajstić information content (AvgIpc) is 3.53. The van der Waals surface area contributed by atoms with Crippen LogP contribution in [0, 0.1) is 17.2 Å². The highest BCUT2D eigenvalue weighted by Gasteiger charge is 2.37. The van der Waals surface area contributed by atoms with E-state index >= 15 is 4.39 Å². The number of carbonyl (C=O) groups excluding carboxylic acids is 1. The molecule has 39 heavy (non-hydrogen) atoms. The van der Waals surface area contributed by atoms with Gasteiger partial charge in [-0.2, -0.15) is 0 Å². The molecule has 0 spiro atoms. The number of halogens is 1. The molecule has 0 saturated heterocycles. The van der Waals surface area contributed by atoms with Crippen LogP contribution in [-0.2, 0) is 22.6 Å². The van der Waals surface area contributed by atoms with Crippen LogP contribution >= 0.6 is 0 Å². The van der Waals surface area contributed by atoms with Crippen LogP contribution in [0.3, 0.4) is 0 Å². The summed E-state index contributed by atoms with van der Waals surface area (Å²) in [5.41, 5.74) is 6.32. The molecule has 5 heteroatoms. The van der Waals surface area contributed by atoms with E-state index in [2.05, 4.69) is 32.0 Å². The minimum Gasteiger partial charge on any atom is -0.497 e. The number of carbonyl (C=O) groups is 1. The van der Waals surface area contributed by atoms with Crippen molar-refractivity contribution in [2.45, 2.75) is 71.3 Å². The topological polar surface area (TPSA) is 44.8 Å². The zero-order valence-electron chi connectivity index (χ0n) is 23.7. The Morgan fingerprint density at radius 3 is 2.49 bits per heavy atom. The molecule has 0 aliphatic heterocycles. The summed E-state index contributed by atoms with van der Waals surface area (Å²) in [5, 5.41) is 0. The van der Waals surface area contributed by atoms with Crippen molar-refractivity contribution in [1.82, 2.24) is 0 Å². The van der Waals surface area contributed by atoms with E-state index in [-0.39, 0.29) is 29.0 Å². The highest BCUT2D eigenvalue weighted by molar-refractivity contribution is 5.73. The van der Waals surface area contributed by atoms with Crippen LogP contribution in [0.2, 0.25) is 0 Å². The highest BCUT2D eigenvalue weighted by atomic mass is 19.1. The fraction of sp³-hybridized carbons (Fsp3) is 0.441. The van der Waals surface area contributed by atoms with E-state index < -0.39 is 0 Å². The van der Waals surface area contributed by atoms with Crippen LogP contribution in [-0.4, -0.2) is 20.2 Å². The Bertz CT molecular complexity index is 1360. The van der Waals surface area contributed by atoms with Crippen LogP contribution in [0.5, 0.6) is 11.5 Å². The maximum Gasteiger partial charge on any atom is 0.308 e. The maximum absolute atomic E-state index is 15.1. The first-order valence-electron chi connectivity index (χ1n) is 14.0. The normalized spacial score (nSPS) is 20.4. The van der Waals surface area contributed by atoms with Gasteiger partial charge in [-0.3, -0.25) is 4.79 Å². The predicted molar refractivity (Wildman–Crippen MR) is 152 cm³/mol. The third kappa shape index (κ3) is 5.41. The van der Waals surface area contributed by atoms with Crippen molar-refractivity contribution in [2.24, 2.45) is 11.3 Å². The lowest BCUT2D eigenvalue weighted by Gasteiger charge is -2.30. The lowest BCUT2D eigenvalue weighted by Crippen LogP contribution is -2.19. The molecule has 0 N–H and O–H groups in total. The van der Waals surface area contributed by atoms with Gasteiger partial charge in [-0.1, -0.05) is 51.5 Å². The summed E-state index contributed by atoms with van der Waals surface area (Å²) in [5.74, 6) is 1.31. The van der Waals surface area contributed by atoms with Crippen molar-refractivity contribution in [3.05, 3.63) is 82.7 Å². The van der Waals surface area contributed by atoms with Gasteiger partial charge in [0.2, 0.25) is 0 Å². The fourth-order valence-electron chi connectivity index (χ4n) is 6.71. The first kappa shape index (κ1) is 27.2. The number of aryl methyl sites for hydroxylation is 1. The number of benzene rings is 3. The molecule has 2 aliphatic carbocycles. The molecule has 0 heterocycles. The predicted octanol–water partition coefficient (Wildman–Crippen LogP) is 8.21. The third-order valence-electron chi connectivity index (χ3n) is 9.04. The van der Waals surface area contributed by atoms with Crippen molar-refractivity contribution >= 4 is 5.97 Å². The summed E-state index contributed by atoms with van der Waals surface area (Å²) < 4.78 is 31.8. The summed E-state index contributed by atoms with van der Waals surface area (Å²) in [7, 11) is 3.05. The molecule has 3 atom stereocenters. The van der Waals surface area contributed by atoms with Crippen molar-refractivity contribution in [3.63, 3.8) is 0 Å². The van der Waals surface area contributed by atoms with Gasteiger partial charge in [-0.25, -0.2) is 4.39 Å². The van der Waals surface area contributed by atoms with E-state index in [1.807, 2.05) is 25.1 Å². The van der Waals surface area contributed by atoms with E-state index in [1.54, 1.807) is 19.2 Å². The molecule has 0 amide bonds. The first-order chi connectivity index (χ1) is 18.7. The Balaban J connectivity index is 1.43. The molecule has 4 nitrogen and oxygen atoms in total. The van der Waals surface area contributed by atoms with Gasteiger partial charge < -0.3 is 14.2 Å². The summed E-state index contributed by atoms with van der Waals surface area (Å²) >= 11 is 0. The molecular weight excluding hydrogens is 491 g/mol. The molecule has 0 bridgehead atoms. The molecule has 3 aromatic rings. The molecule has 3 unspecified atom stereocenters. The van der Waals surface area contributed by atoms with Crippen molar-refractivity contribution < 1.29 is 23.4 Å². The fourth-order valence-corrected chi connectivity index (χ4v) is 6.71. The van der Waals surface area contributed by atoms with Crippen LogP contribution < -0.4 is 9.47 Å². The maximum atomic E-state index is 15.1. The average molecular weight is 531 g/mol. The summed E-state index contributed by atoms with van der Waals surface area (Å²) in [6, 6.07) is 17.5. The Morgan fingerprint density at radius 2 is 1.77 bits per heavy atom. The van der Waals surface area contributed by atoms with Crippen LogP contribution in [0.15, 0.2) is 54.6 Å². The molecule has 206 valence electrons. The first-order valence-corrected chi connectivity index (χ1v) is 14.0. The molecular formula is C34H39FO4. The van der Waals surface area contributed by atoms with Crippen molar-refractivity contribution in [2.75, 3.05) is 14.2 Å². The van der Waals surface area contributed by atoms with Gasteiger partial charge in [0.1, 0.15) is 23.9 Å². The minimum absolute atomic E-state index is 0.134. The number of hydrogen-bond acceptors (Lipinski definition) is 4. The smallest absolute Gasteiger partial charge is 0.308 e. The standard InChI is InChI=1S/C34H39FO4/c1-21(33(36)38-5)26-14-10-23-9-11-25(19-28(23)26)39-20-22-8-13-27(30-18-24(37-4)12-15-32(30)35)29(17-22)31-7-6-16-34(31,2)3/h8-9,11-13,15,17-19,21,26,31H,6-7,10,14,16,20H2,1-5H3.